The smallest absolute Gasteiger partial charge is 0.255 e. The summed E-state index contributed by atoms with van der Waals surface area (Å²) in [5, 5.41) is 7.53. The van der Waals surface area contributed by atoms with Crippen LogP contribution in [0.4, 0.5) is 0 Å². The highest BCUT2D eigenvalue weighted by molar-refractivity contribution is 5.95. The molecule has 0 aliphatic rings. The molecule has 2 heterocycles. The van der Waals surface area contributed by atoms with Gasteiger partial charge in [0.25, 0.3) is 5.91 Å². The Morgan fingerprint density at radius 2 is 1.83 bits per heavy atom. The molecule has 0 spiro atoms. The predicted molar refractivity (Wildman–Crippen MR) is 114 cm³/mol. The van der Waals surface area contributed by atoms with Gasteiger partial charge in [-0.25, -0.2) is 9.67 Å². The maximum atomic E-state index is 13.3. The van der Waals surface area contributed by atoms with Crippen LogP contribution in [0, 0.1) is 6.92 Å². The minimum Gasteiger partial charge on any atom is -0.496 e. The summed E-state index contributed by atoms with van der Waals surface area (Å²) in [7, 11) is 3.51. The van der Waals surface area contributed by atoms with Crippen molar-refractivity contribution in [2.75, 3.05) is 7.11 Å². The number of nitrogens with zero attached hydrogens (tertiary/aromatic N) is 4. The molecule has 1 N–H and O–H groups in total. The van der Waals surface area contributed by atoms with Gasteiger partial charge in [0.2, 0.25) is 0 Å². The van der Waals surface area contributed by atoms with Gasteiger partial charge >= 0.3 is 0 Å². The summed E-state index contributed by atoms with van der Waals surface area (Å²) in [6, 6.07) is 16.9. The van der Waals surface area contributed by atoms with Crippen LogP contribution >= 0.6 is 0 Å². The van der Waals surface area contributed by atoms with Crippen molar-refractivity contribution in [3.05, 3.63) is 95.8 Å². The number of ether oxygens (including phenoxy) is 1. The maximum Gasteiger partial charge on any atom is 0.255 e. The van der Waals surface area contributed by atoms with Gasteiger partial charge in [0.1, 0.15) is 17.6 Å². The van der Waals surface area contributed by atoms with Gasteiger partial charge in [-0.05, 0) is 25.1 Å². The molecule has 2 aromatic carbocycles. The lowest BCUT2D eigenvalue weighted by Gasteiger charge is -2.21. The fourth-order valence-corrected chi connectivity index (χ4v) is 3.51. The highest BCUT2D eigenvalue weighted by Gasteiger charge is 2.26. The van der Waals surface area contributed by atoms with Crippen molar-refractivity contribution < 1.29 is 9.53 Å². The summed E-state index contributed by atoms with van der Waals surface area (Å²) >= 11 is 0. The molecule has 0 fully saturated rings. The van der Waals surface area contributed by atoms with E-state index in [4.69, 9.17) is 4.74 Å². The van der Waals surface area contributed by atoms with Crippen LogP contribution in [0.5, 0.6) is 5.75 Å². The van der Waals surface area contributed by atoms with Gasteiger partial charge in [0, 0.05) is 25.0 Å². The number of nitrogens with one attached hydrogen (secondary N) is 1. The number of imidazole rings is 1. The summed E-state index contributed by atoms with van der Waals surface area (Å²) in [6.07, 6.45) is 5.15. The zero-order chi connectivity index (χ0) is 21.1. The molecule has 7 nitrogen and oxygen atoms in total. The second kappa shape index (κ2) is 8.24. The van der Waals surface area contributed by atoms with Crippen molar-refractivity contribution in [3.63, 3.8) is 0 Å². The van der Waals surface area contributed by atoms with Crippen LogP contribution in [0.1, 0.15) is 33.5 Å². The minimum atomic E-state index is -0.479. The molecule has 1 amide bonds. The number of rotatable bonds is 6. The molecule has 0 radical (unpaired) electrons. The van der Waals surface area contributed by atoms with Crippen molar-refractivity contribution in [3.8, 4) is 11.4 Å². The Balaban J connectivity index is 1.70. The van der Waals surface area contributed by atoms with Crippen molar-refractivity contribution in [2.45, 2.75) is 13.0 Å². The van der Waals surface area contributed by atoms with E-state index in [0.29, 0.717) is 17.1 Å². The summed E-state index contributed by atoms with van der Waals surface area (Å²) in [4.78, 5) is 17.7. The molecule has 1 atom stereocenters. The second-order valence-corrected chi connectivity index (χ2v) is 6.94. The lowest BCUT2D eigenvalue weighted by Crippen LogP contribution is -2.31. The van der Waals surface area contributed by atoms with Gasteiger partial charge in [-0.2, -0.15) is 5.10 Å². The first-order valence-corrected chi connectivity index (χ1v) is 9.61. The fraction of sp³-hybridized carbons (Fsp3) is 0.174. The van der Waals surface area contributed by atoms with Gasteiger partial charge < -0.3 is 14.6 Å². The topological polar surface area (TPSA) is 74.0 Å². The number of hydrogen-bond donors (Lipinski definition) is 1. The zero-order valence-corrected chi connectivity index (χ0v) is 17.1. The Kier molecular flexibility index (Phi) is 5.34. The zero-order valence-electron chi connectivity index (χ0n) is 17.1. The monoisotopic (exact) mass is 401 g/mol. The maximum absolute atomic E-state index is 13.3. The molecule has 2 aromatic heterocycles. The average Bonchev–Trinajstić information content (AvgIpc) is 3.38. The summed E-state index contributed by atoms with van der Waals surface area (Å²) in [5.74, 6) is 1.16. The first-order chi connectivity index (χ1) is 14.6. The molecule has 0 saturated carbocycles. The van der Waals surface area contributed by atoms with E-state index in [-0.39, 0.29) is 5.91 Å². The van der Waals surface area contributed by atoms with Gasteiger partial charge in [-0.1, -0.05) is 36.4 Å². The van der Waals surface area contributed by atoms with Crippen LogP contribution in [-0.4, -0.2) is 32.3 Å². The van der Waals surface area contributed by atoms with Crippen molar-refractivity contribution in [1.82, 2.24) is 24.6 Å². The quantitative estimate of drug-likeness (QED) is 0.537. The molecule has 30 heavy (non-hydrogen) atoms. The van der Waals surface area contributed by atoms with Crippen molar-refractivity contribution in [2.24, 2.45) is 7.05 Å². The van der Waals surface area contributed by atoms with Gasteiger partial charge in [0.05, 0.1) is 30.3 Å². The molecule has 0 aliphatic heterocycles. The first-order valence-electron chi connectivity index (χ1n) is 9.61. The number of amides is 1. The van der Waals surface area contributed by atoms with Gasteiger partial charge in [-0.3, -0.25) is 4.79 Å². The molecule has 0 aliphatic carbocycles. The third-order valence-electron chi connectivity index (χ3n) is 5.10. The second-order valence-electron chi connectivity index (χ2n) is 6.94. The van der Waals surface area contributed by atoms with E-state index in [0.717, 1.165) is 16.9 Å². The molecule has 4 rings (SSSR count). The summed E-state index contributed by atoms with van der Waals surface area (Å²) in [5.41, 5.74) is 3.00. The van der Waals surface area contributed by atoms with Crippen molar-refractivity contribution >= 4 is 5.91 Å². The van der Waals surface area contributed by atoms with Crippen LogP contribution in [0.15, 0.2) is 73.2 Å². The lowest BCUT2D eigenvalue weighted by atomic mass is 10.0. The number of methoxy groups -OCH3 is 1. The molecule has 0 bridgehead atoms. The van der Waals surface area contributed by atoms with E-state index in [1.165, 1.54) is 0 Å². The van der Waals surface area contributed by atoms with E-state index in [1.807, 2.05) is 79.3 Å². The van der Waals surface area contributed by atoms with Crippen LogP contribution < -0.4 is 10.1 Å². The van der Waals surface area contributed by atoms with E-state index < -0.39 is 6.04 Å². The molecule has 7 heteroatoms. The molecule has 0 saturated heterocycles. The fourth-order valence-electron chi connectivity index (χ4n) is 3.51. The number of carbonyl (C=O) groups excluding carboxylic acids is 1. The Bertz CT molecular complexity index is 1160. The number of para-hydroxylation sites is 2. The minimum absolute atomic E-state index is 0.228. The number of hydrogen-bond acceptors (Lipinski definition) is 4. The molecule has 152 valence electrons. The number of aryl methyl sites for hydroxylation is 1. The first kappa shape index (κ1) is 19.4. The SMILES string of the molecule is COc1ccccc1C(NC(=O)c1cnn(-c2ccccc2)c1C)c1nccn1C. The molecular weight excluding hydrogens is 378 g/mol. The van der Waals surface area contributed by atoms with E-state index in [1.54, 1.807) is 24.2 Å². The number of aromatic nitrogens is 4. The lowest BCUT2D eigenvalue weighted by molar-refractivity contribution is 0.0940. The van der Waals surface area contributed by atoms with Crippen LogP contribution in [0.2, 0.25) is 0 Å². The normalized spacial score (nSPS) is 11.8. The molecular formula is C23H23N5O2. The summed E-state index contributed by atoms with van der Waals surface area (Å²) in [6.45, 7) is 1.88. The van der Waals surface area contributed by atoms with Crippen LogP contribution in [-0.2, 0) is 7.05 Å². The Labute approximate surface area is 174 Å². The third-order valence-corrected chi connectivity index (χ3v) is 5.10. The molecule has 4 aromatic rings. The number of benzene rings is 2. The van der Waals surface area contributed by atoms with Crippen LogP contribution in [0.3, 0.4) is 0 Å². The van der Waals surface area contributed by atoms with E-state index in [9.17, 15) is 4.79 Å². The highest BCUT2D eigenvalue weighted by atomic mass is 16.5. The Morgan fingerprint density at radius 1 is 1.10 bits per heavy atom. The predicted octanol–water partition coefficient (Wildman–Crippen LogP) is 3.44. The van der Waals surface area contributed by atoms with E-state index >= 15 is 0 Å². The standard InChI is InChI=1S/C23H23N5O2/c1-16-19(15-25-28(16)17-9-5-4-6-10-17)23(29)26-21(22-24-13-14-27(22)2)18-11-7-8-12-20(18)30-3/h4-15,21H,1-3H3,(H,26,29). The summed E-state index contributed by atoms with van der Waals surface area (Å²) < 4.78 is 9.18. The number of carbonyl (C=O) groups is 1. The largest absolute Gasteiger partial charge is 0.496 e. The average molecular weight is 401 g/mol. The van der Waals surface area contributed by atoms with Gasteiger partial charge in [0.15, 0.2) is 0 Å². The van der Waals surface area contributed by atoms with Gasteiger partial charge in [-0.15, -0.1) is 0 Å². The van der Waals surface area contributed by atoms with E-state index in [2.05, 4.69) is 15.4 Å². The van der Waals surface area contributed by atoms with Crippen LogP contribution in [0.25, 0.3) is 5.69 Å². The molecule has 1 unspecified atom stereocenters. The Morgan fingerprint density at radius 3 is 2.53 bits per heavy atom. The van der Waals surface area contributed by atoms with Crippen molar-refractivity contribution in [1.29, 1.82) is 0 Å². The third kappa shape index (κ3) is 3.57. The highest BCUT2D eigenvalue weighted by Crippen LogP contribution is 2.29. The Hall–Kier alpha value is -3.87.